The van der Waals surface area contributed by atoms with Gasteiger partial charge in [0.15, 0.2) is 11.5 Å². The van der Waals surface area contributed by atoms with Crippen LogP contribution in [0, 0.1) is 5.82 Å². The molecule has 0 fully saturated rings. The van der Waals surface area contributed by atoms with Crippen LogP contribution in [0.25, 0.3) is 16.7 Å². The van der Waals surface area contributed by atoms with Gasteiger partial charge in [0.1, 0.15) is 17.2 Å². The van der Waals surface area contributed by atoms with Crippen LogP contribution in [0.2, 0.25) is 0 Å². The summed E-state index contributed by atoms with van der Waals surface area (Å²) in [5.74, 6) is 1.51. The molecule has 0 saturated heterocycles. The Morgan fingerprint density at radius 1 is 1.19 bits per heavy atom. The zero-order valence-electron chi connectivity index (χ0n) is 14.0. The average Bonchev–Trinajstić information content (AvgIpc) is 3.28. The fourth-order valence-electron chi connectivity index (χ4n) is 2.51. The molecule has 132 valence electrons. The summed E-state index contributed by atoms with van der Waals surface area (Å²) in [6.45, 7) is 2.07. The molecule has 9 heteroatoms. The number of aryl methyl sites for hydroxylation is 1. The van der Waals surface area contributed by atoms with Crippen molar-refractivity contribution in [2.45, 2.75) is 30.5 Å². The van der Waals surface area contributed by atoms with Crippen LogP contribution in [0.3, 0.4) is 0 Å². The third-order valence-electron chi connectivity index (χ3n) is 3.72. The van der Waals surface area contributed by atoms with E-state index in [0.717, 1.165) is 34.8 Å². The van der Waals surface area contributed by atoms with Gasteiger partial charge in [-0.15, -0.1) is 0 Å². The van der Waals surface area contributed by atoms with E-state index >= 15 is 0 Å². The van der Waals surface area contributed by atoms with Crippen molar-refractivity contribution in [3.8, 4) is 5.69 Å². The monoisotopic (exact) mass is 370 g/mol. The van der Waals surface area contributed by atoms with Gasteiger partial charge in [0.05, 0.1) is 23.0 Å². The smallest absolute Gasteiger partial charge is 0.237 e. The number of hydrogen-bond acceptors (Lipinski definition) is 7. The number of hydrogen-bond donors (Lipinski definition) is 0. The van der Waals surface area contributed by atoms with Gasteiger partial charge in [0, 0.05) is 6.42 Å². The summed E-state index contributed by atoms with van der Waals surface area (Å²) in [5, 5.41) is 9.91. The van der Waals surface area contributed by atoms with Crippen molar-refractivity contribution in [2.75, 3.05) is 0 Å². The number of halogens is 1. The molecule has 0 radical (unpaired) electrons. The first kappa shape index (κ1) is 16.6. The molecular weight excluding hydrogens is 355 g/mol. The first-order valence-electron chi connectivity index (χ1n) is 8.13. The second-order valence-electron chi connectivity index (χ2n) is 5.59. The highest BCUT2D eigenvalue weighted by atomic mass is 32.2. The molecule has 0 aliphatic heterocycles. The lowest BCUT2D eigenvalue weighted by Gasteiger charge is -2.03. The molecule has 0 atom stereocenters. The summed E-state index contributed by atoms with van der Waals surface area (Å²) in [7, 11) is 0. The SMILES string of the molecule is CCCc1noc(CSc2ncnc3c2cnn3-c2ccc(F)cc2)n1. The minimum absolute atomic E-state index is 0.293. The van der Waals surface area contributed by atoms with E-state index in [-0.39, 0.29) is 5.82 Å². The molecule has 0 unspecified atom stereocenters. The van der Waals surface area contributed by atoms with Gasteiger partial charge in [-0.3, -0.25) is 0 Å². The number of fused-ring (bicyclic) bond motifs is 1. The molecule has 4 rings (SSSR count). The lowest BCUT2D eigenvalue weighted by Crippen LogP contribution is -1.98. The van der Waals surface area contributed by atoms with Gasteiger partial charge in [-0.1, -0.05) is 23.8 Å². The van der Waals surface area contributed by atoms with Crippen LogP contribution in [-0.2, 0) is 12.2 Å². The fraction of sp³-hybridized carbons (Fsp3) is 0.235. The van der Waals surface area contributed by atoms with Crippen molar-refractivity contribution in [1.82, 2.24) is 29.9 Å². The summed E-state index contributed by atoms with van der Waals surface area (Å²) < 4.78 is 20.1. The summed E-state index contributed by atoms with van der Waals surface area (Å²) in [6.07, 6.45) is 4.97. The van der Waals surface area contributed by atoms with E-state index in [0.29, 0.717) is 17.3 Å². The molecule has 0 aliphatic rings. The van der Waals surface area contributed by atoms with Crippen LogP contribution in [-0.4, -0.2) is 29.9 Å². The largest absolute Gasteiger partial charge is 0.338 e. The Morgan fingerprint density at radius 3 is 2.85 bits per heavy atom. The molecular formula is C17H15FN6OS. The average molecular weight is 370 g/mol. The van der Waals surface area contributed by atoms with E-state index < -0.39 is 0 Å². The Balaban J connectivity index is 1.59. The lowest BCUT2D eigenvalue weighted by molar-refractivity contribution is 0.384. The molecule has 7 nitrogen and oxygen atoms in total. The zero-order valence-corrected chi connectivity index (χ0v) is 14.8. The van der Waals surface area contributed by atoms with E-state index in [9.17, 15) is 4.39 Å². The second-order valence-corrected chi connectivity index (χ2v) is 6.56. The molecule has 0 aliphatic carbocycles. The highest BCUT2D eigenvalue weighted by Crippen LogP contribution is 2.28. The van der Waals surface area contributed by atoms with Crippen molar-refractivity contribution >= 4 is 22.8 Å². The van der Waals surface area contributed by atoms with Gasteiger partial charge in [-0.2, -0.15) is 10.1 Å². The summed E-state index contributed by atoms with van der Waals surface area (Å²) >= 11 is 1.48. The van der Waals surface area contributed by atoms with Crippen LogP contribution in [0.4, 0.5) is 4.39 Å². The molecule has 4 aromatic rings. The van der Waals surface area contributed by atoms with Crippen LogP contribution in [0.1, 0.15) is 25.1 Å². The highest BCUT2D eigenvalue weighted by molar-refractivity contribution is 7.98. The van der Waals surface area contributed by atoms with E-state index in [1.807, 2.05) is 0 Å². The van der Waals surface area contributed by atoms with Gasteiger partial charge >= 0.3 is 0 Å². The molecule has 3 heterocycles. The van der Waals surface area contributed by atoms with Crippen LogP contribution < -0.4 is 0 Å². The van der Waals surface area contributed by atoms with Gasteiger partial charge in [0.2, 0.25) is 5.89 Å². The molecule has 0 bridgehead atoms. The van der Waals surface area contributed by atoms with Crippen molar-refractivity contribution in [3.05, 3.63) is 54.3 Å². The lowest BCUT2D eigenvalue weighted by atomic mass is 10.3. The van der Waals surface area contributed by atoms with E-state index in [4.69, 9.17) is 4.52 Å². The second kappa shape index (κ2) is 7.20. The minimum atomic E-state index is -0.293. The van der Waals surface area contributed by atoms with Crippen LogP contribution >= 0.6 is 11.8 Å². The Morgan fingerprint density at radius 2 is 2.04 bits per heavy atom. The van der Waals surface area contributed by atoms with Gasteiger partial charge < -0.3 is 4.52 Å². The van der Waals surface area contributed by atoms with E-state index in [2.05, 4.69) is 32.1 Å². The maximum absolute atomic E-state index is 13.1. The Kier molecular flexibility index (Phi) is 4.61. The number of nitrogens with zero attached hydrogens (tertiary/aromatic N) is 6. The molecule has 0 saturated carbocycles. The van der Waals surface area contributed by atoms with Crippen molar-refractivity contribution < 1.29 is 8.91 Å². The molecule has 26 heavy (non-hydrogen) atoms. The fourth-order valence-corrected chi connectivity index (χ4v) is 3.31. The summed E-state index contributed by atoms with van der Waals surface area (Å²) in [6, 6.07) is 6.10. The Labute approximate surface area is 152 Å². The van der Waals surface area contributed by atoms with Crippen LogP contribution in [0.15, 0.2) is 46.3 Å². The van der Waals surface area contributed by atoms with E-state index in [1.54, 1.807) is 23.0 Å². The van der Waals surface area contributed by atoms with Crippen molar-refractivity contribution in [1.29, 1.82) is 0 Å². The van der Waals surface area contributed by atoms with Crippen molar-refractivity contribution in [2.24, 2.45) is 0 Å². The first-order chi connectivity index (χ1) is 12.7. The van der Waals surface area contributed by atoms with Crippen molar-refractivity contribution in [3.63, 3.8) is 0 Å². The summed E-state index contributed by atoms with van der Waals surface area (Å²) in [4.78, 5) is 13.0. The summed E-state index contributed by atoms with van der Waals surface area (Å²) in [5.41, 5.74) is 1.39. The highest BCUT2D eigenvalue weighted by Gasteiger charge is 2.13. The van der Waals surface area contributed by atoms with Gasteiger partial charge in [-0.05, 0) is 30.7 Å². The Hall–Kier alpha value is -2.81. The molecule has 0 N–H and O–H groups in total. The normalized spacial score (nSPS) is 11.3. The maximum atomic E-state index is 13.1. The number of rotatable bonds is 6. The van der Waals surface area contributed by atoms with E-state index in [1.165, 1.54) is 30.2 Å². The molecule has 3 aromatic heterocycles. The maximum Gasteiger partial charge on any atom is 0.237 e. The standard InChI is InChI=1S/C17H15FN6OS/c1-2-3-14-22-15(25-23-14)9-26-17-13-8-21-24(16(13)19-10-20-17)12-6-4-11(18)5-7-12/h4-8,10H,2-3,9H2,1H3. The third kappa shape index (κ3) is 3.30. The zero-order chi connectivity index (χ0) is 17.9. The predicted octanol–water partition coefficient (Wildman–Crippen LogP) is 3.58. The topological polar surface area (TPSA) is 82.5 Å². The number of benzene rings is 1. The predicted molar refractivity (Wildman–Crippen MR) is 94.5 cm³/mol. The van der Waals surface area contributed by atoms with Gasteiger partial charge in [0.25, 0.3) is 0 Å². The number of aromatic nitrogens is 6. The molecule has 1 aromatic carbocycles. The molecule has 0 amide bonds. The number of thioether (sulfide) groups is 1. The molecule has 0 spiro atoms. The van der Waals surface area contributed by atoms with Gasteiger partial charge in [-0.25, -0.2) is 19.0 Å². The Bertz CT molecular complexity index is 1030. The first-order valence-corrected chi connectivity index (χ1v) is 9.12. The van der Waals surface area contributed by atoms with Crippen LogP contribution in [0.5, 0.6) is 0 Å². The minimum Gasteiger partial charge on any atom is -0.338 e. The quantitative estimate of drug-likeness (QED) is 0.379. The third-order valence-corrected chi connectivity index (χ3v) is 4.71.